The predicted molar refractivity (Wildman–Crippen MR) is 125 cm³/mol. The molecule has 15 heteroatoms. The van der Waals surface area contributed by atoms with Crippen LogP contribution in [-0.4, -0.2) is 33.4 Å². The molecular formula is C20H32O12P3-. The Kier molecular flexibility index (Phi) is 14.6. The fraction of sp³-hybridized carbons (Fsp3) is 0.600. The number of phosphoric acid groups is 3. The minimum Gasteiger partial charge on any atom is -0.756 e. The summed E-state index contributed by atoms with van der Waals surface area (Å²) in [5, 5.41) is 0. The topological polar surface area (TPSA) is 197 Å². The quantitative estimate of drug-likeness (QED) is 0.0867. The number of aldehydes is 1. The average Bonchev–Trinajstić information content (AvgIpc) is 2.74. The summed E-state index contributed by atoms with van der Waals surface area (Å²) in [6.45, 7) is -0.262. The lowest BCUT2D eigenvalue weighted by atomic mass is 10.0. The molecule has 1 aromatic carbocycles. The summed E-state index contributed by atoms with van der Waals surface area (Å²) in [5.41, 5.74) is 1.16. The van der Waals surface area contributed by atoms with Gasteiger partial charge in [0.1, 0.15) is 6.29 Å². The van der Waals surface area contributed by atoms with Gasteiger partial charge in [-0.15, -0.1) is 0 Å². The number of phosphoric ester groups is 1. The van der Waals surface area contributed by atoms with E-state index in [1.807, 2.05) is 0 Å². The van der Waals surface area contributed by atoms with Gasteiger partial charge in [0.2, 0.25) is 0 Å². The van der Waals surface area contributed by atoms with Crippen molar-refractivity contribution in [3.05, 3.63) is 35.4 Å². The van der Waals surface area contributed by atoms with Gasteiger partial charge >= 0.3 is 15.6 Å². The molecule has 12 nitrogen and oxygen atoms in total. The van der Waals surface area contributed by atoms with Gasteiger partial charge in [0.25, 0.3) is 7.82 Å². The minimum absolute atomic E-state index is 0.0766. The summed E-state index contributed by atoms with van der Waals surface area (Å²) in [6.07, 6.45) is 10.0. The molecule has 3 N–H and O–H groups in total. The van der Waals surface area contributed by atoms with Crippen LogP contribution in [0.2, 0.25) is 0 Å². The zero-order valence-corrected chi connectivity index (χ0v) is 21.9. The lowest BCUT2D eigenvalue weighted by Crippen LogP contribution is -2.04. The van der Waals surface area contributed by atoms with Crippen LogP contribution in [0, 0.1) is 0 Å². The number of Topliss-reactive ketones (excluding diaryl/α,β-unsaturated/α-hetero) is 1. The summed E-state index contributed by atoms with van der Waals surface area (Å²) in [7, 11) is -16.2. The van der Waals surface area contributed by atoms with Gasteiger partial charge in [-0.1, -0.05) is 75.6 Å². The molecule has 1 aromatic rings. The van der Waals surface area contributed by atoms with E-state index in [0.29, 0.717) is 30.4 Å². The molecule has 0 bridgehead atoms. The van der Waals surface area contributed by atoms with Crippen molar-refractivity contribution in [1.29, 1.82) is 0 Å². The Morgan fingerprint density at radius 1 is 0.771 bits per heavy atom. The maximum atomic E-state index is 12.1. The molecule has 0 radical (unpaired) electrons. The number of hydrogen-bond donors (Lipinski definition) is 3. The van der Waals surface area contributed by atoms with Crippen LogP contribution in [0.15, 0.2) is 24.3 Å². The first-order valence-corrected chi connectivity index (χ1v) is 15.7. The lowest BCUT2D eigenvalue weighted by molar-refractivity contribution is -0.212. The summed E-state index contributed by atoms with van der Waals surface area (Å²) in [6, 6.07) is 6.61. The standard InChI is InChI=1S/C20H33O12P3/c21-17-18-12-14-19(15-13-18)20(22)11-9-7-5-3-1-2-4-6-8-10-16-30-34(26,27)32-35(28,29)31-33(23,24)25/h12-15,17H,1-11,16H2,(H,26,27)(H,28,29)(H2,23,24,25)/p-1. The van der Waals surface area contributed by atoms with Crippen molar-refractivity contribution in [2.24, 2.45) is 0 Å². The van der Waals surface area contributed by atoms with Crippen molar-refractivity contribution in [2.75, 3.05) is 6.61 Å². The number of unbranched alkanes of at least 4 members (excludes halogenated alkanes) is 9. The molecule has 1 rings (SSSR count). The van der Waals surface area contributed by atoms with E-state index in [4.69, 9.17) is 9.79 Å². The van der Waals surface area contributed by atoms with Crippen LogP contribution in [0.1, 0.15) is 91.3 Å². The van der Waals surface area contributed by atoms with Crippen LogP contribution in [0.5, 0.6) is 0 Å². The van der Waals surface area contributed by atoms with Crippen LogP contribution in [0.4, 0.5) is 0 Å². The van der Waals surface area contributed by atoms with E-state index >= 15 is 0 Å². The highest BCUT2D eigenvalue weighted by Gasteiger charge is 2.37. The van der Waals surface area contributed by atoms with Crippen molar-refractivity contribution in [2.45, 2.75) is 70.6 Å². The fourth-order valence-corrected chi connectivity index (χ4v) is 6.20. The molecule has 0 aliphatic rings. The molecule has 0 aromatic heterocycles. The highest BCUT2D eigenvalue weighted by Crippen LogP contribution is 2.65. The van der Waals surface area contributed by atoms with E-state index in [1.165, 1.54) is 0 Å². The second kappa shape index (κ2) is 15.9. The molecule has 0 heterocycles. The Bertz CT molecular complexity index is 928. The maximum Gasteiger partial charge on any atom is 0.487 e. The van der Waals surface area contributed by atoms with Crippen molar-refractivity contribution in [3.63, 3.8) is 0 Å². The molecule has 35 heavy (non-hydrogen) atoms. The maximum absolute atomic E-state index is 12.1. The second-order valence-electron chi connectivity index (χ2n) is 7.85. The van der Waals surface area contributed by atoms with Crippen LogP contribution >= 0.6 is 23.5 Å². The number of ketones is 1. The summed E-state index contributed by atoms with van der Waals surface area (Å²) in [4.78, 5) is 59.8. The molecule has 0 fully saturated rings. The van der Waals surface area contributed by atoms with Gasteiger partial charge in [-0.2, -0.15) is 4.31 Å². The Balaban J connectivity index is 2.00. The zero-order valence-electron chi connectivity index (χ0n) is 19.2. The first kappa shape index (κ1) is 32.0. The zero-order chi connectivity index (χ0) is 26.4. The SMILES string of the molecule is O=Cc1ccc(C(=O)CCCCCCCCCCCCOP(=O)(O)OP(=O)(O)OP(=O)([O-])O)cc1. The van der Waals surface area contributed by atoms with E-state index in [0.717, 1.165) is 57.7 Å². The molecule has 0 saturated heterocycles. The largest absolute Gasteiger partial charge is 0.756 e. The first-order chi connectivity index (χ1) is 16.3. The molecule has 3 atom stereocenters. The van der Waals surface area contributed by atoms with Gasteiger partial charge in [-0.25, -0.2) is 13.4 Å². The van der Waals surface area contributed by atoms with Crippen molar-refractivity contribution in [3.8, 4) is 0 Å². The van der Waals surface area contributed by atoms with E-state index < -0.39 is 23.5 Å². The van der Waals surface area contributed by atoms with E-state index in [-0.39, 0.29) is 12.4 Å². The second-order valence-corrected chi connectivity index (χ2v) is 12.2. The van der Waals surface area contributed by atoms with Crippen molar-refractivity contribution < 1.29 is 56.0 Å². The Morgan fingerprint density at radius 3 is 1.74 bits per heavy atom. The number of carbonyl (C=O) groups is 2. The third-order valence-corrected chi connectivity index (χ3v) is 8.64. The smallest absolute Gasteiger partial charge is 0.487 e. The molecular weight excluding hydrogens is 525 g/mol. The summed E-state index contributed by atoms with van der Waals surface area (Å²) in [5.74, 6) is 0.0766. The normalized spacial score (nSPS) is 16.7. The molecule has 0 spiro atoms. The molecule has 0 saturated carbocycles. The Morgan fingerprint density at radius 2 is 1.26 bits per heavy atom. The van der Waals surface area contributed by atoms with Crippen LogP contribution < -0.4 is 4.89 Å². The fourth-order valence-electron chi connectivity index (χ4n) is 3.17. The van der Waals surface area contributed by atoms with Crippen LogP contribution in [0.25, 0.3) is 0 Å². The summed E-state index contributed by atoms with van der Waals surface area (Å²) >= 11 is 0. The van der Waals surface area contributed by atoms with Crippen molar-refractivity contribution >= 4 is 35.5 Å². The number of rotatable bonds is 20. The van der Waals surface area contributed by atoms with Gasteiger partial charge in [-0.05, 0) is 12.8 Å². The Hall–Kier alpha value is -1.03. The summed E-state index contributed by atoms with van der Waals surface area (Å²) < 4.78 is 44.7. The third kappa shape index (κ3) is 16.4. The highest BCUT2D eigenvalue weighted by atomic mass is 31.3. The van der Waals surface area contributed by atoms with Gasteiger partial charge < -0.3 is 19.6 Å². The van der Waals surface area contributed by atoms with E-state index in [9.17, 15) is 33.1 Å². The monoisotopic (exact) mass is 557 g/mol. The predicted octanol–water partition coefficient (Wildman–Crippen LogP) is 4.68. The molecule has 200 valence electrons. The van der Waals surface area contributed by atoms with Crippen molar-refractivity contribution in [1.82, 2.24) is 0 Å². The number of hydrogen-bond acceptors (Lipinski definition) is 9. The highest BCUT2D eigenvalue weighted by molar-refractivity contribution is 7.66. The van der Waals surface area contributed by atoms with Gasteiger partial charge in [0.05, 0.1) is 6.61 Å². The molecule has 3 unspecified atom stereocenters. The third-order valence-electron chi connectivity index (χ3n) is 4.83. The van der Waals surface area contributed by atoms with Crippen LogP contribution in [0.3, 0.4) is 0 Å². The molecule has 0 aliphatic carbocycles. The first-order valence-electron chi connectivity index (χ1n) is 11.2. The molecule has 0 aliphatic heterocycles. The van der Waals surface area contributed by atoms with E-state index in [2.05, 4.69) is 13.1 Å². The van der Waals surface area contributed by atoms with Gasteiger partial charge in [0.15, 0.2) is 5.78 Å². The van der Waals surface area contributed by atoms with E-state index in [1.54, 1.807) is 24.3 Å². The van der Waals surface area contributed by atoms with Crippen LogP contribution in [-0.2, 0) is 26.8 Å². The van der Waals surface area contributed by atoms with Gasteiger partial charge in [-0.3, -0.25) is 18.7 Å². The number of carbonyl (C=O) groups excluding carboxylic acids is 2. The number of benzene rings is 1. The molecule has 0 amide bonds. The lowest BCUT2D eigenvalue weighted by Gasteiger charge is -2.20. The average molecular weight is 557 g/mol. The minimum atomic E-state index is -5.65. The van der Waals surface area contributed by atoms with Gasteiger partial charge in [0, 0.05) is 17.5 Å². The Labute approximate surface area is 204 Å².